The molecule has 1 aliphatic carbocycles. The van der Waals surface area contributed by atoms with Crippen LogP contribution in [0.5, 0.6) is 0 Å². The first-order valence-corrected chi connectivity index (χ1v) is 6.40. The zero-order valence-corrected chi connectivity index (χ0v) is 10.1. The molecule has 0 saturated heterocycles. The summed E-state index contributed by atoms with van der Waals surface area (Å²) in [6, 6.07) is 8.73. The van der Waals surface area contributed by atoms with Crippen molar-refractivity contribution in [3.63, 3.8) is 0 Å². The Balaban J connectivity index is 1.91. The largest absolute Gasteiger partial charge is 0.399 e. The molecule has 1 aromatic rings. The van der Waals surface area contributed by atoms with E-state index in [1.165, 1.54) is 37.8 Å². The van der Waals surface area contributed by atoms with E-state index in [2.05, 4.69) is 24.4 Å². The molecule has 2 atom stereocenters. The maximum atomic E-state index is 5.68. The highest BCUT2D eigenvalue weighted by atomic mass is 14.9. The number of rotatable bonds is 3. The fourth-order valence-corrected chi connectivity index (χ4v) is 2.61. The van der Waals surface area contributed by atoms with Crippen LogP contribution < -0.4 is 11.1 Å². The molecule has 3 N–H and O–H groups in total. The predicted molar refractivity (Wildman–Crippen MR) is 70.5 cm³/mol. The lowest BCUT2D eigenvalue weighted by Crippen LogP contribution is -2.26. The minimum Gasteiger partial charge on any atom is -0.399 e. The lowest BCUT2D eigenvalue weighted by Gasteiger charge is -2.29. The highest BCUT2D eigenvalue weighted by molar-refractivity contribution is 5.51. The van der Waals surface area contributed by atoms with Crippen LogP contribution in [-0.4, -0.2) is 6.04 Å². The number of nitrogens with two attached hydrogens (primary N) is 1. The number of nitrogen functional groups attached to an aromatic ring is 1. The van der Waals surface area contributed by atoms with Crippen molar-refractivity contribution in [3.8, 4) is 0 Å². The fourth-order valence-electron chi connectivity index (χ4n) is 2.61. The lowest BCUT2D eigenvalue weighted by atomic mass is 9.84. The second kappa shape index (κ2) is 5.24. The molecule has 0 bridgehead atoms. The molecule has 1 aliphatic rings. The van der Waals surface area contributed by atoms with Gasteiger partial charge in [-0.15, -0.1) is 0 Å². The second-order valence-corrected chi connectivity index (χ2v) is 4.90. The van der Waals surface area contributed by atoms with Crippen molar-refractivity contribution in [3.05, 3.63) is 24.3 Å². The molecule has 2 unspecified atom stereocenters. The minimum absolute atomic E-state index is 0.655. The van der Waals surface area contributed by atoms with Crippen molar-refractivity contribution >= 4 is 11.4 Å². The van der Waals surface area contributed by atoms with Crippen LogP contribution in [0.4, 0.5) is 11.4 Å². The van der Waals surface area contributed by atoms with Crippen LogP contribution in [0.1, 0.15) is 39.0 Å². The Kier molecular flexibility index (Phi) is 3.70. The van der Waals surface area contributed by atoms with Crippen LogP contribution in [0.15, 0.2) is 24.3 Å². The average molecular weight is 218 g/mol. The molecule has 16 heavy (non-hydrogen) atoms. The Labute approximate surface area is 98.2 Å². The summed E-state index contributed by atoms with van der Waals surface area (Å²) < 4.78 is 0. The van der Waals surface area contributed by atoms with Gasteiger partial charge in [0.2, 0.25) is 0 Å². The molecule has 0 aliphatic heterocycles. The first kappa shape index (κ1) is 11.3. The van der Waals surface area contributed by atoms with E-state index in [0.29, 0.717) is 6.04 Å². The van der Waals surface area contributed by atoms with E-state index in [0.717, 1.165) is 11.6 Å². The van der Waals surface area contributed by atoms with Gasteiger partial charge in [-0.3, -0.25) is 0 Å². The number of hydrogen-bond donors (Lipinski definition) is 2. The van der Waals surface area contributed by atoms with E-state index in [-0.39, 0.29) is 0 Å². The quantitative estimate of drug-likeness (QED) is 0.760. The molecule has 2 rings (SSSR count). The molecule has 2 nitrogen and oxygen atoms in total. The minimum atomic E-state index is 0.655. The van der Waals surface area contributed by atoms with E-state index >= 15 is 0 Å². The first-order valence-electron chi connectivity index (χ1n) is 6.40. The summed E-state index contributed by atoms with van der Waals surface area (Å²) in [4.78, 5) is 0. The average Bonchev–Trinajstić information content (AvgIpc) is 2.32. The van der Waals surface area contributed by atoms with Gasteiger partial charge in [-0.2, -0.15) is 0 Å². The van der Waals surface area contributed by atoms with Gasteiger partial charge in [0, 0.05) is 17.4 Å². The molecule has 0 heterocycles. The number of nitrogens with one attached hydrogen (secondary N) is 1. The van der Waals surface area contributed by atoms with E-state index in [4.69, 9.17) is 5.73 Å². The monoisotopic (exact) mass is 218 g/mol. The molecule has 0 spiro atoms. The Morgan fingerprint density at radius 2 is 2.00 bits per heavy atom. The number of hydrogen-bond acceptors (Lipinski definition) is 2. The Morgan fingerprint density at radius 3 is 2.69 bits per heavy atom. The van der Waals surface area contributed by atoms with Gasteiger partial charge in [-0.1, -0.05) is 26.2 Å². The van der Waals surface area contributed by atoms with E-state index in [1.807, 2.05) is 12.1 Å². The third-order valence-corrected chi connectivity index (χ3v) is 3.64. The number of benzene rings is 1. The molecule has 1 fully saturated rings. The van der Waals surface area contributed by atoms with Crippen LogP contribution >= 0.6 is 0 Å². The molecule has 0 radical (unpaired) electrons. The third kappa shape index (κ3) is 2.91. The van der Waals surface area contributed by atoms with Crippen LogP contribution in [0.25, 0.3) is 0 Å². The Bertz CT molecular complexity index is 318. The topological polar surface area (TPSA) is 38.0 Å². The first-order chi connectivity index (χ1) is 7.78. The van der Waals surface area contributed by atoms with Crippen LogP contribution in [0, 0.1) is 5.92 Å². The van der Waals surface area contributed by atoms with Gasteiger partial charge in [0.15, 0.2) is 0 Å². The van der Waals surface area contributed by atoms with Crippen molar-refractivity contribution in [1.82, 2.24) is 0 Å². The van der Waals surface area contributed by atoms with Gasteiger partial charge in [0.1, 0.15) is 0 Å². The van der Waals surface area contributed by atoms with Crippen molar-refractivity contribution in [2.45, 2.75) is 45.1 Å². The van der Waals surface area contributed by atoms with Crippen molar-refractivity contribution in [2.24, 2.45) is 5.92 Å². The molecule has 1 aromatic carbocycles. The predicted octanol–water partition coefficient (Wildman–Crippen LogP) is 3.65. The summed E-state index contributed by atoms with van der Waals surface area (Å²) in [6.07, 6.45) is 6.73. The zero-order valence-electron chi connectivity index (χ0n) is 10.1. The highest BCUT2D eigenvalue weighted by Crippen LogP contribution is 2.28. The zero-order chi connectivity index (χ0) is 11.4. The maximum Gasteiger partial charge on any atom is 0.0343 e. The molecular weight excluding hydrogens is 196 g/mol. The standard InChI is InChI=1S/C14H22N2/c1-2-11-4-3-5-14(10-11)16-13-8-6-12(15)7-9-13/h6-9,11,14,16H,2-5,10,15H2,1H3. The van der Waals surface area contributed by atoms with Crippen LogP contribution in [-0.2, 0) is 0 Å². The summed E-state index contributed by atoms with van der Waals surface area (Å²) in [7, 11) is 0. The Hall–Kier alpha value is -1.18. The van der Waals surface area contributed by atoms with Crippen LogP contribution in [0.3, 0.4) is 0 Å². The summed E-state index contributed by atoms with van der Waals surface area (Å²) in [5.74, 6) is 0.917. The molecule has 2 heteroatoms. The van der Waals surface area contributed by atoms with Gasteiger partial charge < -0.3 is 11.1 Å². The van der Waals surface area contributed by atoms with E-state index in [1.54, 1.807) is 0 Å². The van der Waals surface area contributed by atoms with Crippen molar-refractivity contribution in [1.29, 1.82) is 0 Å². The smallest absolute Gasteiger partial charge is 0.0343 e. The fraction of sp³-hybridized carbons (Fsp3) is 0.571. The highest BCUT2D eigenvalue weighted by Gasteiger charge is 2.20. The lowest BCUT2D eigenvalue weighted by molar-refractivity contribution is 0.327. The molecule has 0 aromatic heterocycles. The van der Waals surface area contributed by atoms with Gasteiger partial charge in [0.25, 0.3) is 0 Å². The third-order valence-electron chi connectivity index (χ3n) is 3.64. The van der Waals surface area contributed by atoms with Crippen molar-refractivity contribution < 1.29 is 0 Å². The van der Waals surface area contributed by atoms with Gasteiger partial charge in [0.05, 0.1) is 0 Å². The van der Waals surface area contributed by atoms with Gasteiger partial charge >= 0.3 is 0 Å². The van der Waals surface area contributed by atoms with E-state index < -0.39 is 0 Å². The summed E-state index contributed by atoms with van der Waals surface area (Å²) in [5.41, 5.74) is 7.71. The van der Waals surface area contributed by atoms with E-state index in [9.17, 15) is 0 Å². The molecular formula is C14H22N2. The second-order valence-electron chi connectivity index (χ2n) is 4.90. The van der Waals surface area contributed by atoms with Crippen LogP contribution in [0.2, 0.25) is 0 Å². The van der Waals surface area contributed by atoms with Gasteiger partial charge in [-0.05, 0) is 43.0 Å². The molecule has 0 amide bonds. The summed E-state index contributed by atoms with van der Waals surface area (Å²) in [6.45, 7) is 2.30. The molecule has 88 valence electrons. The summed E-state index contributed by atoms with van der Waals surface area (Å²) >= 11 is 0. The SMILES string of the molecule is CCC1CCCC(Nc2ccc(N)cc2)C1. The number of anilines is 2. The Morgan fingerprint density at radius 1 is 1.25 bits per heavy atom. The molecule has 1 saturated carbocycles. The van der Waals surface area contributed by atoms with Gasteiger partial charge in [-0.25, -0.2) is 0 Å². The van der Waals surface area contributed by atoms with Crippen molar-refractivity contribution in [2.75, 3.05) is 11.1 Å². The summed E-state index contributed by atoms with van der Waals surface area (Å²) in [5, 5.41) is 3.62. The normalized spacial score (nSPS) is 25.3. The maximum absolute atomic E-state index is 5.68.